The van der Waals surface area contributed by atoms with Crippen molar-refractivity contribution in [1.82, 2.24) is 0 Å². The van der Waals surface area contributed by atoms with E-state index >= 15 is 0 Å². The van der Waals surface area contributed by atoms with Crippen molar-refractivity contribution in [2.45, 2.75) is 19.4 Å². The van der Waals surface area contributed by atoms with Gasteiger partial charge < -0.3 is 10.5 Å². The molecule has 2 aromatic carbocycles. The minimum atomic E-state index is -0.452. The van der Waals surface area contributed by atoms with E-state index in [-0.39, 0.29) is 6.61 Å². The Morgan fingerprint density at radius 1 is 1.33 bits per heavy atom. The summed E-state index contributed by atoms with van der Waals surface area (Å²) in [5, 5.41) is 0. The summed E-state index contributed by atoms with van der Waals surface area (Å²) >= 11 is 3.18. The molecule has 0 radical (unpaired) electrons. The van der Waals surface area contributed by atoms with Crippen molar-refractivity contribution >= 4 is 27.6 Å². The molecule has 0 aliphatic rings. The number of rotatable bonds is 4. The van der Waals surface area contributed by atoms with E-state index in [1.807, 2.05) is 6.07 Å². The normalized spacial score (nSPS) is 12.0. The lowest BCUT2D eigenvalue weighted by Gasteiger charge is -2.12. The molecule has 0 aromatic heterocycles. The third kappa shape index (κ3) is 4.04. The zero-order chi connectivity index (χ0) is 15.4. The number of halogens is 2. The number of hydrogen-bond donors (Lipinski definition) is 1. The van der Waals surface area contributed by atoms with E-state index < -0.39 is 17.7 Å². The molecule has 2 aromatic rings. The number of benzene rings is 2. The number of nitrogens with two attached hydrogens (primary N) is 1. The van der Waals surface area contributed by atoms with Gasteiger partial charge >= 0.3 is 5.97 Å². The van der Waals surface area contributed by atoms with Crippen LogP contribution < -0.4 is 5.73 Å². The molecule has 0 fully saturated rings. The lowest BCUT2D eigenvalue weighted by atomic mass is 10.0. The number of carbonyl (C=O) groups excluding carboxylic acids is 1. The van der Waals surface area contributed by atoms with Gasteiger partial charge in [0.2, 0.25) is 0 Å². The van der Waals surface area contributed by atoms with Gasteiger partial charge in [0, 0.05) is 15.7 Å². The molecule has 21 heavy (non-hydrogen) atoms. The van der Waals surface area contributed by atoms with Gasteiger partial charge in [-0.3, -0.25) is 4.79 Å². The molecular formula is C16H15BrFNO2. The van der Waals surface area contributed by atoms with E-state index in [0.29, 0.717) is 15.7 Å². The van der Waals surface area contributed by atoms with E-state index in [1.165, 1.54) is 6.07 Å². The Morgan fingerprint density at radius 2 is 2.10 bits per heavy atom. The van der Waals surface area contributed by atoms with Crippen molar-refractivity contribution in [3.8, 4) is 0 Å². The smallest absolute Gasteiger partial charge is 0.313 e. The summed E-state index contributed by atoms with van der Waals surface area (Å²) in [7, 11) is 0. The number of anilines is 1. The maximum absolute atomic E-state index is 13.6. The molecule has 0 aliphatic carbocycles. The highest BCUT2D eigenvalue weighted by atomic mass is 79.9. The van der Waals surface area contributed by atoms with Crippen LogP contribution in [0.25, 0.3) is 0 Å². The van der Waals surface area contributed by atoms with Crippen molar-refractivity contribution in [3.63, 3.8) is 0 Å². The number of hydrogen-bond acceptors (Lipinski definition) is 3. The zero-order valence-corrected chi connectivity index (χ0v) is 13.1. The Morgan fingerprint density at radius 3 is 2.76 bits per heavy atom. The summed E-state index contributed by atoms with van der Waals surface area (Å²) in [6, 6.07) is 11.7. The van der Waals surface area contributed by atoms with Gasteiger partial charge in [-0.2, -0.15) is 0 Å². The summed E-state index contributed by atoms with van der Waals surface area (Å²) in [5.74, 6) is -1.27. The molecule has 0 amide bonds. The molecule has 0 saturated heterocycles. The molecule has 5 heteroatoms. The topological polar surface area (TPSA) is 52.3 Å². The van der Waals surface area contributed by atoms with Gasteiger partial charge in [0.15, 0.2) is 0 Å². The van der Waals surface area contributed by atoms with Crippen LogP contribution in [0.2, 0.25) is 0 Å². The standard InChI is InChI=1S/C16H15BrFNO2/c1-10(11-3-2-4-14(19)7-11)16(20)21-9-12-5-6-13(17)8-15(12)18/h2-8,10H,9,19H2,1H3. The Bertz CT molecular complexity index is 660. The third-order valence-electron chi connectivity index (χ3n) is 3.15. The highest BCUT2D eigenvalue weighted by Crippen LogP contribution is 2.21. The molecule has 1 unspecified atom stereocenters. The maximum atomic E-state index is 13.6. The zero-order valence-electron chi connectivity index (χ0n) is 11.5. The van der Waals surface area contributed by atoms with Crippen LogP contribution in [-0.4, -0.2) is 5.97 Å². The van der Waals surface area contributed by atoms with Crippen LogP contribution in [0.4, 0.5) is 10.1 Å². The van der Waals surface area contributed by atoms with Gasteiger partial charge in [0.1, 0.15) is 12.4 Å². The molecule has 1 atom stereocenters. The fourth-order valence-electron chi connectivity index (χ4n) is 1.88. The molecule has 0 aliphatic heterocycles. The first-order chi connectivity index (χ1) is 9.97. The monoisotopic (exact) mass is 351 g/mol. The minimum Gasteiger partial charge on any atom is -0.460 e. The van der Waals surface area contributed by atoms with Crippen molar-refractivity contribution < 1.29 is 13.9 Å². The molecule has 2 N–H and O–H groups in total. The molecule has 0 bridgehead atoms. The van der Waals surface area contributed by atoms with Crippen molar-refractivity contribution in [1.29, 1.82) is 0 Å². The van der Waals surface area contributed by atoms with Crippen LogP contribution in [0, 0.1) is 5.82 Å². The van der Waals surface area contributed by atoms with Crippen LogP contribution >= 0.6 is 15.9 Å². The quantitative estimate of drug-likeness (QED) is 0.668. The second-order valence-corrected chi connectivity index (χ2v) is 5.65. The summed E-state index contributed by atoms with van der Waals surface area (Å²) < 4.78 is 19.5. The van der Waals surface area contributed by atoms with Crippen LogP contribution in [0.15, 0.2) is 46.9 Å². The average Bonchev–Trinajstić information content (AvgIpc) is 2.45. The van der Waals surface area contributed by atoms with E-state index in [2.05, 4.69) is 15.9 Å². The van der Waals surface area contributed by atoms with Gasteiger partial charge in [-0.25, -0.2) is 4.39 Å². The van der Waals surface area contributed by atoms with Gasteiger partial charge in [-0.1, -0.05) is 34.1 Å². The highest BCUT2D eigenvalue weighted by molar-refractivity contribution is 9.10. The predicted octanol–water partition coefficient (Wildman–Crippen LogP) is 4.02. The van der Waals surface area contributed by atoms with Crippen molar-refractivity contribution in [2.75, 3.05) is 5.73 Å². The highest BCUT2D eigenvalue weighted by Gasteiger charge is 2.17. The van der Waals surface area contributed by atoms with Gasteiger partial charge in [0.05, 0.1) is 5.92 Å². The lowest BCUT2D eigenvalue weighted by molar-refractivity contribution is -0.146. The van der Waals surface area contributed by atoms with Gasteiger partial charge in [0.25, 0.3) is 0 Å². The first kappa shape index (κ1) is 15.5. The number of carbonyl (C=O) groups is 1. The second-order valence-electron chi connectivity index (χ2n) is 4.74. The van der Waals surface area contributed by atoms with Gasteiger partial charge in [-0.15, -0.1) is 0 Å². The van der Waals surface area contributed by atoms with E-state index in [1.54, 1.807) is 37.3 Å². The van der Waals surface area contributed by atoms with E-state index in [4.69, 9.17) is 10.5 Å². The molecule has 0 heterocycles. The maximum Gasteiger partial charge on any atom is 0.313 e. The first-order valence-corrected chi connectivity index (χ1v) is 7.22. The number of ether oxygens (including phenoxy) is 1. The Hall–Kier alpha value is -1.88. The lowest BCUT2D eigenvalue weighted by Crippen LogP contribution is -2.13. The summed E-state index contributed by atoms with van der Waals surface area (Å²) in [4.78, 5) is 12.0. The van der Waals surface area contributed by atoms with Gasteiger partial charge in [-0.05, 0) is 36.8 Å². The SMILES string of the molecule is CC(C(=O)OCc1ccc(Br)cc1F)c1cccc(N)c1. The molecule has 0 spiro atoms. The van der Waals surface area contributed by atoms with E-state index in [9.17, 15) is 9.18 Å². The number of esters is 1. The fraction of sp³-hybridized carbons (Fsp3) is 0.188. The predicted molar refractivity (Wildman–Crippen MR) is 83.2 cm³/mol. The molecular weight excluding hydrogens is 337 g/mol. The largest absolute Gasteiger partial charge is 0.460 e. The molecule has 110 valence electrons. The second kappa shape index (κ2) is 6.72. The molecule has 3 nitrogen and oxygen atoms in total. The summed E-state index contributed by atoms with van der Waals surface area (Å²) in [5.41, 5.74) is 7.39. The Kier molecular flexibility index (Phi) is 4.96. The summed E-state index contributed by atoms with van der Waals surface area (Å²) in [6.45, 7) is 1.64. The third-order valence-corrected chi connectivity index (χ3v) is 3.64. The summed E-state index contributed by atoms with van der Waals surface area (Å²) in [6.07, 6.45) is 0. The Balaban J connectivity index is 2.01. The molecule has 0 saturated carbocycles. The van der Waals surface area contributed by atoms with Crippen molar-refractivity contribution in [2.24, 2.45) is 0 Å². The van der Waals surface area contributed by atoms with Crippen LogP contribution in [0.1, 0.15) is 24.0 Å². The van der Waals surface area contributed by atoms with Crippen molar-refractivity contribution in [3.05, 3.63) is 63.9 Å². The minimum absolute atomic E-state index is 0.0927. The Labute approximate surface area is 131 Å². The molecule has 2 rings (SSSR count). The first-order valence-electron chi connectivity index (χ1n) is 6.43. The van der Waals surface area contributed by atoms with Crippen LogP contribution in [0.3, 0.4) is 0 Å². The van der Waals surface area contributed by atoms with Crippen LogP contribution in [-0.2, 0) is 16.1 Å². The average molecular weight is 352 g/mol. The van der Waals surface area contributed by atoms with Crippen LogP contribution in [0.5, 0.6) is 0 Å². The number of nitrogen functional groups attached to an aromatic ring is 1. The van der Waals surface area contributed by atoms with E-state index in [0.717, 1.165) is 5.56 Å². The fourth-order valence-corrected chi connectivity index (χ4v) is 2.21.